The van der Waals surface area contributed by atoms with Gasteiger partial charge in [-0.25, -0.2) is 4.39 Å². The van der Waals surface area contributed by atoms with Gasteiger partial charge in [0.15, 0.2) is 0 Å². The SMILES string of the molecule is O=C1c2c(ccc(-c3ccc(N4CCNCC4)cc3)c2F)Nc2ccccc2N1Cc1ccccc1. The minimum absolute atomic E-state index is 0.0609. The molecule has 5 nitrogen and oxygen atoms in total. The van der Waals surface area contributed by atoms with Gasteiger partial charge in [-0.05, 0) is 47.5 Å². The van der Waals surface area contributed by atoms with Crippen molar-refractivity contribution >= 4 is 28.7 Å². The van der Waals surface area contributed by atoms with Gasteiger partial charge in [-0.1, -0.05) is 54.6 Å². The molecule has 1 saturated heterocycles. The molecule has 0 bridgehead atoms. The third kappa shape index (κ3) is 4.10. The molecular weight excluding hydrogens is 451 g/mol. The summed E-state index contributed by atoms with van der Waals surface area (Å²) in [4.78, 5) is 17.9. The number of halogens is 1. The average Bonchev–Trinajstić information content (AvgIpc) is 3.05. The van der Waals surface area contributed by atoms with E-state index in [4.69, 9.17) is 0 Å². The molecule has 0 radical (unpaired) electrons. The fourth-order valence-electron chi connectivity index (χ4n) is 5.01. The molecular formula is C30H27FN4O. The average molecular weight is 479 g/mol. The first-order chi connectivity index (χ1) is 17.7. The molecule has 0 spiro atoms. The number of hydrogen-bond acceptors (Lipinski definition) is 4. The second-order valence-corrected chi connectivity index (χ2v) is 9.15. The Labute approximate surface area is 210 Å². The van der Waals surface area contributed by atoms with E-state index in [0.29, 0.717) is 17.8 Å². The van der Waals surface area contributed by atoms with E-state index in [1.54, 1.807) is 17.0 Å². The Morgan fingerprint density at radius 1 is 0.778 bits per heavy atom. The minimum Gasteiger partial charge on any atom is -0.369 e. The number of nitrogens with zero attached hydrogens (tertiary/aromatic N) is 2. The van der Waals surface area contributed by atoms with E-state index < -0.39 is 5.82 Å². The predicted molar refractivity (Wildman–Crippen MR) is 144 cm³/mol. The number of carbonyl (C=O) groups excluding carboxylic acids is 1. The van der Waals surface area contributed by atoms with Crippen LogP contribution in [0.2, 0.25) is 0 Å². The van der Waals surface area contributed by atoms with Crippen LogP contribution in [0, 0.1) is 5.82 Å². The number of piperazine rings is 1. The highest BCUT2D eigenvalue weighted by Crippen LogP contribution is 2.40. The number of nitrogens with one attached hydrogen (secondary N) is 2. The highest BCUT2D eigenvalue weighted by molar-refractivity contribution is 6.14. The fourth-order valence-corrected chi connectivity index (χ4v) is 5.01. The van der Waals surface area contributed by atoms with Crippen LogP contribution in [0.25, 0.3) is 11.1 Å². The molecule has 0 unspecified atom stereocenters. The number of para-hydroxylation sites is 2. The van der Waals surface area contributed by atoms with Gasteiger partial charge in [0.05, 0.1) is 29.2 Å². The lowest BCUT2D eigenvalue weighted by Crippen LogP contribution is -2.43. The molecule has 4 aromatic rings. The van der Waals surface area contributed by atoms with Crippen molar-refractivity contribution in [2.45, 2.75) is 6.54 Å². The van der Waals surface area contributed by atoms with Gasteiger partial charge in [-0.15, -0.1) is 0 Å². The first-order valence-corrected chi connectivity index (χ1v) is 12.3. The Balaban J connectivity index is 1.39. The van der Waals surface area contributed by atoms with Gasteiger partial charge in [0.2, 0.25) is 0 Å². The Kier molecular flexibility index (Phi) is 5.87. The second kappa shape index (κ2) is 9.47. The van der Waals surface area contributed by atoms with Crippen LogP contribution in [-0.2, 0) is 6.54 Å². The van der Waals surface area contributed by atoms with Crippen LogP contribution < -0.4 is 20.4 Å². The highest BCUT2D eigenvalue weighted by Gasteiger charge is 2.31. The van der Waals surface area contributed by atoms with Crippen molar-refractivity contribution < 1.29 is 9.18 Å². The summed E-state index contributed by atoms with van der Waals surface area (Å²) in [7, 11) is 0. The quantitative estimate of drug-likeness (QED) is 0.389. The molecule has 0 aromatic heterocycles. The summed E-state index contributed by atoms with van der Waals surface area (Å²) in [5.41, 5.74) is 5.30. The van der Waals surface area contributed by atoms with Crippen molar-refractivity contribution in [3.63, 3.8) is 0 Å². The van der Waals surface area contributed by atoms with Gasteiger partial charge in [0.1, 0.15) is 5.82 Å². The Morgan fingerprint density at radius 2 is 1.50 bits per heavy atom. The number of fused-ring (bicyclic) bond motifs is 2. The van der Waals surface area contributed by atoms with Gasteiger partial charge in [0, 0.05) is 37.4 Å². The normalized spacial score (nSPS) is 15.1. The zero-order valence-electron chi connectivity index (χ0n) is 19.9. The fraction of sp³-hybridized carbons (Fsp3) is 0.167. The smallest absolute Gasteiger partial charge is 0.263 e. The molecule has 6 rings (SSSR count). The van der Waals surface area contributed by atoms with E-state index in [-0.39, 0.29) is 11.5 Å². The summed E-state index contributed by atoms with van der Waals surface area (Å²) >= 11 is 0. The summed E-state index contributed by atoms with van der Waals surface area (Å²) in [6, 6.07) is 28.9. The summed E-state index contributed by atoms with van der Waals surface area (Å²) in [6.07, 6.45) is 0. The lowest BCUT2D eigenvalue weighted by atomic mass is 9.99. The number of carbonyl (C=O) groups is 1. The van der Waals surface area contributed by atoms with Crippen molar-refractivity contribution in [1.82, 2.24) is 5.32 Å². The standard InChI is InChI=1S/C30H27FN4O/c31-29-24(22-10-12-23(13-11-22)34-18-16-32-17-19-34)14-15-26-28(29)30(36)35(20-21-6-2-1-3-7-21)27-9-5-4-8-25(27)33-26/h1-15,32-33H,16-20H2. The number of benzene rings is 4. The summed E-state index contributed by atoms with van der Waals surface area (Å²) in [5, 5.41) is 6.67. The second-order valence-electron chi connectivity index (χ2n) is 9.15. The number of amides is 1. The van der Waals surface area contributed by atoms with Crippen LogP contribution >= 0.6 is 0 Å². The maximum absolute atomic E-state index is 16.2. The molecule has 2 aliphatic heterocycles. The molecule has 2 aliphatic rings. The highest BCUT2D eigenvalue weighted by atomic mass is 19.1. The van der Waals surface area contributed by atoms with E-state index in [0.717, 1.165) is 54.4 Å². The van der Waals surface area contributed by atoms with Crippen molar-refractivity contribution in [3.8, 4) is 11.1 Å². The first kappa shape index (κ1) is 22.3. The lowest BCUT2D eigenvalue weighted by Gasteiger charge is -2.29. The van der Waals surface area contributed by atoms with Crippen LogP contribution in [-0.4, -0.2) is 32.1 Å². The lowest BCUT2D eigenvalue weighted by molar-refractivity contribution is 0.0983. The van der Waals surface area contributed by atoms with Crippen molar-refractivity contribution in [3.05, 3.63) is 108 Å². The topological polar surface area (TPSA) is 47.6 Å². The molecule has 1 amide bonds. The van der Waals surface area contributed by atoms with E-state index in [1.807, 2.05) is 78.9 Å². The van der Waals surface area contributed by atoms with Gasteiger partial charge in [-0.2, -0.15) is 0 Å². The Hall–Kier alpha value is -4.16. The molecule has 2 N–H and O–H groups in total. The zero-order chi connectivity index (χ0) is 24.5. The third-order valence-corrected chi connectivity index (χ3v) is 6.91. The van der Waals surface area contributed by atoms with Gasteiger partial charge < -0.3 is 20.4 Å². The molecule has 4 aromatic carbocycles. The number of hydrogen-bond donors (Lipinski definition) is 2. The van der Waals surface area contributed by atoms with Crippen LogP contribution in [0.3, 0.4) is 0 Å². The summed E-state index contributed by atoms with van der Waals surface area (Å²) < 4.78 is 16.2. The molecule has 0 saturated carbocycles. The van der Waals surface area contributed by atoms with Crippen molar-refractivity contribution in [1.29, 1.82) is 0 Å². The van der Waals surface area contributed by atoms with Gasteiger partial charge in [0.25, 0.3) is 5.91 Å². The van der Waals surface area contributed by atoms with Crippen LogP contribution in [0.1, 0.15) is 15.9 Å². The predicted octanol–water partition coefficient (Wildman–Crippen LogP) is 5.81. The minimum atomic E-state index is -0.509. The Bertz CT molecular complexity index is 1400. The number of rotatable bonds is 4. The molecule has 0 aliphatic carbocycles. The number of anilines is 4. The summed E-state index contributed by atoms with van der Waals surface area (Å²) in [5.74, 6) is -0.867. The van der Waals surface area contributed by atoms with Crippen molar-refractivity contribution in [2.24, 2.45) is 0 Å². The molecule has 0 atom stereocenters. The molecule has 1 fully saturated rings. The maximum atomic E-state index is 16.2. The first-order valence-electron chi connectivity index (χ1n) is 12.3. The molecule has 36 heavy (non-hydrogen) atoms. The third-order valence-electron chi connectivity index (χ3n) is 6.91. The van der Waals surface area contributed by atoms with Crippen LogP contribution in [0.5, 0.6) is 0 Å². The van der Waals surface area contributed by atoms with E-state index in [9.17, 15) is 4.79 Å². The summed E-state index contributed by atoms with van der Waals surface area (Å²) in [6.45, 7) is 4.16. The van der Waals surface area contributed by atoms with E-state index in [2.05, 4.69) is 15.5 Å². The molecule has 2 heterocycles. The van der Waals surface area contributed by atoms with Gasteiger partial charge >= 0.3 is 0 Å². The van der Waals surface area contributed by atoms with Crippen LogP contribution in [0.4, 0.5) is 27.1 Å². The molecule has 6 heteroatoms. The molecule has 180 valence electrons. The van der Waals surface area contributed by atoms with E-state index >= 15 is 4.39 Å². The Morgan fingerprint density at radius 3 is 2.28 bits per heavy atom. The maximum Gasteiger partial charge on any atom is 0.263 e. The van der Waals surface area contributed by atoms with Gasteiger partial charge in [-0.3, -0.25) is 4.79 Å². The zero-order valence-corrected chi connectivity index (χ0v) is 19.9. The monoisotopic (exact) mass is 478 g/mol. The van der Waals surface area contributed by atoms with E-state index in [1.165, 1.54) is 0 Å². The van der Waals surface area contributed by atoms with Crippen LogP contribution in [0.15, 0.2) is 91.0 Å². The van der Waals surface area contributed by atoms with Crippen molar-refractivity contribution in [2.75, 3.05) is 41.3 Å². The largest absolute Gasteiger partial charge is 0.369 e.